The molecule has 4 heteroatoms. The van der Waals surface area contributed by atoms with Gasteiger partial charge in [-0.15, -0.1) is 0 Å². The van der Waals surface area contributed by atoms with Crippen molar-refractivity contribution in [1.29, 1.82) is 0 Å². The van der Waals surface area contributed by atoms with E-state index < -0.39 is 16.4 Å². The Morgan fingerprint density at radius 1 is 1.40 bits per heavy atom. The normalized spacial score (nSPS) is 9.30. The summed E-state index contributed by atoms with van der Waals surface area (Å²) in [5.41, 5.74) is -0.484. The maximum atomic E-state index is 12.4. The maximum Gasteiger partial charge on any atom is 0.304 e. The lowest BCUT2D eigenvalue weighted by Crippen LogP contribution is -1.90. The van der Waals surface area contributed by atoms with Gasteiger partial charge in [-0.3, -0.25) is 10.1 Å². The van der Waals surface area contributed by atoms with Crippen LogP contribution in [0, 0.1) is 15.9 Å². The fourth-order valence-electron chi connectivity index (χ4n) is 0.600. The van der Waals surface area contributed by atoms with Crippen LogP contribution in [0.15, 0.2) is 24.3 Å². The Morgan fingerprint density at radius 3 is 2.40 bits per heavy atom. The number of rotatable bonds is 1. The summed E-state index contributed by atoms with van der Waals surface area (Å²) in [5.74, 6) is -0.799. The van der Waals surface area contributed by atoms with E-state index in [4.69, 9.17) is 0 Å². The van der Waals surface area contributed by atoms with Gasteiger partial charge in [0.1, 0.15) is 0 Å². The van der Waals surface area contributed by atoms with Gasteiger partial charge in [0, 0.05) is 6.07 Å². The van der Waals surface area contributed by atoms with Crippen LogP contribution in [0.25, 0.3) is 0 Å². The molecule has 0 saturated carbocycles. The van der Waals surface area contributed by atoms with Gasteiger partial charge >= 0.3 is 5.69 Å². The van der Waals surface area contributed by atoms with Gasteiger partial charge in [-0.2, -0.15) is 4.39 Å². The minimum Gasteiger partial charge on any atom is -0.258 e. The lowest BCUT2D eigenvalue weighted by molar-refractivity contribution is -0.387. The minimum absolute atomic E-state index is 0.484. The fraction of sp³-hybridized carbons (Fsp3) is 0. The van der Waals surface area contributed by atoms with Crippen molar-refractivity contribution < 1.29 is 9.31 Å². The molecule has 0 bridgehead atoms. The van der Waals surface area contributed by atoms with Gasteiger partial charge in [-0.05, 0) is 6.07 Å². The molecule has 0 N–H and O–H groups in total. The smallest absolute Gasteiger partial charge is 0.258 e. The second-order valence-electron chi connectivity index (χ2n) is 1.71. The minimum atomic E-state index is -0.799. The molecule has 0 aliphatic rings. The van der Waals surface area contributed by atoms with Gasteiger partial charge in [0.25, 0.3) is 0 Å². The molecule has 0 radical (unpaired) electrons. The Balaban J connectivity index is 3.15. The van der Waals surface area contributed by atoms with Gasteiger partial charge in [0.05, 0.1) is 4.92 Å². The summed E-state index contributed by atoms with van der Waals surface area (Å²) < 4.78 is 12.4. The van der Waals surface area contributed by atoms with Gasteiger partial charge in [-0.25, -0.2) is 0 Å². The summed E-state index contributed by atoms with van der Waals surface area (Å²) in [7, 11) is 0. The number of hydrogen-bond donors (Lipinski definition) is 0. The first kappa shape index (κ1) is 6.67. The molecular weight excluding hydrogens is 136 g/mol. The highest BCUT2D eigenvalue weighted by molar-refractivity contribution is 5.30. The Morgan fingerprint density at radius 2 is 2.00 bits per heavy atom. The predicted octanol–water partition coefficient (Wildman–Crippen LogP) is 1.73. The van der Waals surface area contributed by atoms with E-state index >= 15 is 0 Å². The zero-order valence-corrected chi connectivity index (χ0v) is 4.95. The topological polar surface area (TPSA) is 43.1 Å². The summed E-state index contributed by atoms with van der Waals surface area (Å²) >= 11 is 0. The van der Waals surface area contributed by atoms with E-state index in [0.29, 0.717) is 0 Å². The third kappa shape index (κ3) is 1.10. The van der Waals surface area contributed by atoms with E-state index in [1.165, 1.54) is 12.1 Å². The van der Waals surface area contributed by atoms with Crippen LogP contribution in [0.1, 0.15) is 0 Å². The highest BCUT2D eigenvalue weighted by Gasteiger charge is 2.09. The number of halogens is 1. The summed E-state index contributed by atoms with van der Waals surface area (Å²) in [6.07, 6.45) is 0. The second-order valence-corrected chi connectivity index (χ2v) is 1.71. The van der Waals surface area contributed by atoms with E-state index in [9.17, 15) is 14.5 Å². The molecule has 0 atom stereocenters. The van der Waals surface area contributed by atoms with Crippen LogP contribution in [0.5, 0.6) is 0 Å². The van der Waals surface area contributed by atoms with Crippen molar-refractivity contribution in [1.82, 2.24) is 0 Å². The van der Waals surface area contributed by atoms with Crippen molar-refractivity contribution in [3.63, 3.8) is 0 Å². The molecule has 3 nitrogen and oxygen atoms in total. The summed E-state index contributed by atoms with van der Waals surface area (Å²) in [6, 6.07) is 5.00. The van der Waals surface area contributed by atoms with E-state index in [0.717, 1.165) is 12.1 Å². The Bertz CT molecular complexity index is 262. The van der Waals surface area contributed by atoms with Crippen molar-refractivity contribution >= 4 is 5.69 Å². The first-order valence-corrected chi connectivity index (χ1v) is 2.61. The van der Waals surface area contributed by atoms with Crippen molar-refractivity contribution in [2.45, 2.75) is 0 Å². The molecule has 1 aromatic rings. The number of hydrogen-bond acceptors (Lipinski definition) is 2. The van der Waals surface area contributed by atoms with E-state index in [1.54, 1.807) is 0 Å². The predicted molar refractivity (Wildman–Crippen MR) is 33.1 cm³/mol. The molecule has 0 unspecified atom stereocenters. The van der Waals surface area contributed by atoms with Crippen LogP contribution in [0.2, 0.25) is 0 Å². The SMILES string of the molecule is O=[N+]([O-])c1ccccc1[18F]. The number of benzene rings is 1. The first-order valence-electron chi connectivity index (χ1n) is 2.61. The first-order chi connectivity index (χ1) is 4.72. The summed E-state index contributed by atoms with van der Waals surface area (Å²) in [4.78, 5) is 9.23. The van der Waals surface area contributed by atoms with Crippen molar-refractivity contribution in [3.05, 3.63) is 40.2 Å². The molecule has 0 fully saturated rings. The quantitative estimate of drug-likeness (QED) is 0.440. The third-order valence-corrected chi connectivity index (χ3v) is 1.05. The lowest BCUT2D eigenvalue weighted by atomic mass is 10.3. The zero-order chi connectivity index (χ0) is 7.56. The molecule has 52 valence electrons. The molecule has 0 heterocycles. The van der Waals surface area contributed by atoms with Crippen LogP contribution < -0.4 is 0 Å². The number of para-hydroxylation sites is 1. The van der Waals surface area contributed by atoms with E-state index in [2.05, 4.69) is 0 Å². The molecular formula is C6H4FNO2. The largest absolute Gasteiger partial charge is 0.304 e. The molecule has 0 aliphatic carbocycles. The number of nitro groups is 1. The highest BCUT2D eigenvalue weighted by atomic mass is 18.2. The van der Waals surface area contributed by atoms with Crippen molar-refractivity contribution in [2.24, 2.45) is 0 Å². The second kappa shape index (κ2) is 2.43. The average molecular weight is 140 g/mol. The van der Waals surface area contributed by atoms with Crippen molar-refractivity contribution in [2.75, 3.05) is 0 Å². The fourth-order valence-corrected chi connectivity index (χ4v) is 0.600. The van der Waals surface area contributed by atoms with Gasteiger partial charge < -0.3 is 0 Å². The molecule has 0 saturated heterocycles. The van der Waals surface area contributed by atoms with E-state index in [1.807, 2.05) is 0 Å². The van der Waals surface area contributed by atoms with Crippen LogP contribution in [0.3, 0.4) is 0 Å². The molecule has 0 amide bonds. The standard InChI is InChI=1S/C6H4FNO2/c7-5-3-1-2-4-6(5)8(9)10/h1-4H/i7-1. The van der Waals surface area contributed by atoms with Crippen LogP contribution >= 0.6 is 0 Å². The number of nitro benzene ring substituents is 1. The Kier molecular flexibility index (Phi) is 1.62. The Hall–Kier alpha value is -1.45. The molecule has 0 spiro atoms. The lowest BCUT2D eigenvalue weighted by Gasteiger charge is -1.89. The molecule has 10 heavy (non-hydrogen) atoms. The van der Waals surface area contributed by atoms with E-state index in [-0.39, 0.29) is 0 Å². The van der Waals surface area contributed by atoms with Crippen LogP contribution in [0.4, 0.5) is 10.1 Å². The number of nitrogens with zero attached hydrogens (tertiary/aromatic N) is 1. The van der Waals surface area contributed by atoms with Gasteiger partial charge in [0.15, 0.2) is 0 Å². The average Bonchev–Trinajstić information content (AvgIpc) is 1.88. The van der Waals surface area contributed by atoms with Gasteiger partial charge in [0.2, 0.25) is 5.82 Å². The third-order valence-electron chi connectivity index (χ3n) is 1.05. The molecule has 0 aromatic heterocycles. The van der Waals surface area contributed by atoms with Crippen molar-refractivity contribution in [3.8, 4) is 0 Å². The monoisotopic (exact) mass is 140 g/mol. The van der Waals surface area contributed by atoms with Crippen LogP contribution in [-0.4, -0.2) is 4.92 Å². The summed E-state index contributed by atoms with van der Waals surface area (Å²) in [5, 5.41) is 9.99. The van der Waals surface area contributed by atoms with Crippen LogP contribution in [-0.2, 0) is 0 Å². The molecule has 0 aliphatic heterocycles. The Labute approximate surface area is 56.2 Å². The van der Waals surface area contributed by atoms with Gasteiger partial charge in [-0.1, -0.05) is 12.1 Å². The molecule has 1 rings (SSSR count). The molecule has 1 aromatic carbocycles. The highest BCUT2D eigenvalue weighted by Crippen LogP contribution is 2.14. The summed E-state index contributed by atoms with van der Waals surface area (Å²) in [6.45, 7) is 0. The zero-order valence-electron chi connectivity index (χ0n) is 4.95. The maximum absolute atomic E-state index is 12.4.